The van der Waals surface area contributed by atoms with E-state index >= 15 is 0 Å². The van der Waals surface area contributed by atoms with Gasteiger partial charge in [0.25, 0.3) is 5.69 Å². The largest absolute Gasteiger partial charge is 0.491 e. The van der Waals surface area contributed by atoms with E-state index in [0.717, 1.165) is 3.57 Å². The van der Waals surface area contributed by atoms with Crippen molar-refractivity contribution in [3.05, 3.63) is 31.9 Å². The van der Waals surface area contributed by atoms with Crippen molar-refractivity contribution in [1.82, 2.24) is 0 Å². The third-order valence-electron chi connectivity index (χ3n) is 1.44. The van der Waals surface area contributed by atoms with Crippen molar-refractivity contribution in [3.63, 3.8) is 0 Å². The zero-order chi connectivity index (χ0) is 10.7. The summed E-state index contributed by atoms with van der Waals surface area (Å²) in [6, 6.07) is 4.71. The van der Waals surface area contributed by atoms with Crippen molar-refractivity contribution in [2.24, 2.45) is 0 Å². The minimum atomic E-state index is -0.421. The molecule has 0 aliphatic rings. The quantitative estimate of drug-likeness (QED) is 0.490. The fourth-order valence-electron chi connectivity index (χ4n) is 0.994. The minimum Gasteiger partial charge on any atom is -0.491 e. The van der Waals surface area contributed by atoms with Crippen LogP contribution in [0.25, 0.3) is 0 Å². The maximum atomic E-state index is 10.5. The molecule has 1 aromatic carbocycles. The summed E-state index contributed by atoms with van der Waals surface area (Å²) >= 11 is 2.03. The van der Waals surface area contributed by atoms with E-state index in [2.05, 4.69) is 0 Å². The number of nitrogens with zero attached hydrogens (tertiary/aromatic N) is 1. The molecule has 0 radical (unpaired) electrons. The Hall–Kier alpha value is -0.850. The third kappa shape index (κ3) is 3.13. The molecule has 0 bridgehead atoms. The van der Waals surface area contributed by atoms with Gasteiger partial charge in [0, 0.05) is 9.64 Å². The van der Waals surface area contributed by atoms with Crippen LogP contribution in [0.15, 0.2) is 18.2 Å². The SMILES string of the molecule is CC(C)Oc1cc(I)cc([N+](=O)[O-])c1. The number of nitro benzene ring substituents is 1. The first-order valence-electron chi connectivity index (χ1n) is 4.10. The first-order chi connectivity index (χ1) is 6.49. The molecule has 0 spiro atoms. The maximum absolute atomic E-state index is 10.5. The molecular formula is C9H10INO3. The molecular weight excluding hydrogens is 297 g/mol. The highest BCUT2D eigenvalue weighted by Gasteiger charge is 2.09. The van der Waals surface area contributed by atoms with Gasteiger partial charge in [-0.1, -0.05) is 0 Å². The van der Waals surface area contributed by atoms with Crippen LogP contribution in [0.4, 0.5) is 5.69 Å². The molecule has 1 rings (SSSR count). The molecule has 4 nitrogen and oxygen atoms in total. The normalized spacial score (nSPS) is 10.3. The highest BCUT2D eigenvalue weighted by Crippen LogP contribution is 2.24. The van der Waals surface area contributed by atoms with Gasteiger partial charge in [-0.15, -0.1) is 0 Å². The van der Waals surface area contributed by atoms with Gasteiger partial charge in [0.2, 0.25) is 0 Å². The summed E-state index contributed by atoms with van der Waals surface area (Å²) in [6.07, 6.45) is 0.0211. The van der Waals surface area contributed by atoms with E-state index in [1.165, 1.54) is 12.1 Å². The second kappa shape index (κ2) is 4.59. The van der Waals surface area contributed by atoms with Gasteiger partial charge in [0.05, 0.1) is 17.1 Å². The number of hydrogen-bond donors (Lipinski definition) is 0. The zero-order valence-electron chi connectivity index (χ0n) is 7.86. The summed E-state index contributed by atoms with van der Waals surface area (Å²) in [5, 5.41) is 10.5. The summed E-state index contributed by atoms with van der Waals surface area (Å²) in [7, 11) is 0. The molecule has 0 N–H and O–H groups in total. The van der Waals surface area contributed by atoms with E-state index in [1.54, 1.807) is 6.07 Å². The fourth-order valence-corrected chi connectivity index (χ4v) is 1.62. The molecule has 0 aliphatic carbocycles. The van der Waals surface area contributed by atoms with Crippen molar-refractivity contribution < 1.29 is 9.66 Å². The molecule has 0 aliphatic heterocycles. The standard InChI is InChI=1S/C9H10INO3/c1-6(2)14-9-4-7(10)3-8(5-9)11(12)13/h3-6H,1-2H3. The lowest BCUT2D eigenvalue weighted by atomic mass is 10.3. The molecule has 0 saturated heterocycles. The van der Waals surface area contributed by atoms with Crippen LogP contribution in [0.3, 0.4) is 0 Å². The summed E-state index contributed by atoms with van der Waals surface area (Å²) in [5.41, 5.74) is 0.0625. The summed E-state index contributed by atoms with van der Waals surface area (Å²) in [4.78, 5) is 10.1. The van der Waals surface area contributed by atoms with E-state index in [1.807, 2.05) is 36.4 Å². The maximum Gasteiger partial charge on any atom is 0.274 e. The number of non-ortho nitro benzene ring substituents is 1. The smallest absolute Gasteiger partial charge is 0.274 e. The van der Waals surface area contributed by atoms with Gasteiger partial charge < -0.3 is 4.74 Å². The third-order valence-corrected chi connectivity index (χ3v) is 2.06. The molecule has 0 heterocycles. The number of nitro groups is 1. The zero-order valence-corrected chi connectivity index (χ0v) is 10.0. The average Bonchev–Trinajstić information content (AvgIpc) is 2.01. The molecule has 0 saturated carbocycles. The van der Waals surface area contributed by atoms with E-state index < -0.39 is 4.92 Å². The number of ether oxygens (including phenoxy) is 1. The summed E-state index contributed by atoms with van der Waals surface area (Å²) in [6.45, 7) is 3.76. The van der Waals surface area contributed by atoms with Gasteiger partial charge in [0.15, 0.2) is 0 Å². The summed E-state index contributed by atoms with van der Waals surface area (Å²) in [5.74, 6) is 0.540. The monoisotopic (exact) mass is 307 g/mol. The first kappa shape index (κ1) is 11.2. The highest BCUT2D eigenvalue weighted by atomic mass is 127. The Labute approximate surface area is 95.6 Å². The Morgan fingerprint density at radius 3 is 2.57 bits per heavy atom. The number of benzene rings is 1. The Bertz CT molecular complexity index is 352. The Morgan fingerprint density at radius 1 is 1.43 bits per heavy atom. The van der Waals surface area contributed by atoms with Crippen molar-refractivity contribution in [2.75, 3.05) is 0 Å². The minimum absolute atomic E-state index is 0.0211. The van der Waals surface area contributed by atoms with Crippen molar-refractivity contribution in [3.8, 4) is 5.75 Å². The van der Waals surface area contributed by atoms with E-state index in [0.29, 0.717) is 5.75 Å². The van der Waals surface area contributed by atoms with Crippen molar-refractivity contribution in [1.29, 1.82) is 0 Å². The van der Waals surface area contributed by atoms with E-state index in [-0.39, 0.29) is 11.8 Å². The highest BCUT2D eigenvalue weighted by molar-refractivity contribution is 14.1. The molecule has 0 unspecified atom stereocenters. The molecule has 0 fully saturated rings. The number of rotatable bonds is 3. The molecule has 0 aromatic heterocycles. The lowest BCUT2D eigenvalue weighted by Gasteiger charge is -2.09. The first-order valence-corrected chi connectivity index (χ1v) is 5.18. The van der Waals surface area contributed by atoms with Gasteiger partial charge >= 0.3 is 0 Å². The van der Waals surface area contributed by atoms with Crippen LogP contribution < -0.4 is 4.74 Å². The topological polar surface area (TPSA) is 52.4 Å². The Kier molecular flexibility index (Phi) is 3.68. The molecule has 1 aromatic rings. The van der Waals surface area contributed by atoms with Crippen molar-refractivity contribution >= 4 is 28.3 Å². The fraction of sp³-hybridized carbons (Fsp3) is 0.333. The molecule has 76 valence electrons. The van der Waals surface area contributed by atoms with Gasteiger partial charge in [-0.3, -0.25) is 10.1 Å². The molecule has 0 atom stereocenters. The second-order valence-electron chi connectivity index (χ2n) is 3.07. The number of halogens is 1. The average molecular weight is 307 g/mol. The van der Waals surface area contributed by atoms with Crippen LogP contribution in [0, 0.1) is 13.7 Å². The van der Waals surface area contributed by atoms with Gasteiger partial charge in [-0.05, 0) is 42.5 Å². The van der Waals surface area contributed by atoms with Gasteiger partial charge in [0.1, 0.15) is 5.75 Å². The predicted molar refractivity (Wildman–Crippen MR) is 61.6 cm³/mol. The second-order valence-corrected chi connectivity index (χ2v) is 4.31. The van der Waals surface area contributed by atoms with Crippen LogP contribution in [-0.4, -0.2) is 11.0 Å². The lowest BCUT2D eigenvalue weighted by Crippen LogP contribution is -2.05. The van der Waals surface area contributed by atoms with Gasteiger partial charge in [-0.2, -0.15) is 0 Å². The molecule has 14 heavy (non-hydrogen) atoms. The Balaban J connectivity index is 3.01. The predicted octanol–water partition coefficient (Wildman–Crippen LogP) is 2.99. The van der Waals surface area contributed by atoms with Crippen LogP contribution in [-0.2, 0) is 0 Å². The van der Waals surface area contributed by atoms with E-state index in [9.17, 15) is 10.1 Å². The summed E-state index contributed by atoms with van der Waals surface area (Å²) < 4.78 is 6.18. The lowest BCUT2D eigenvalue weighted by molar-refractivity contribution is -0.385. The van der Waals surface area contributed by atoms with Crippen LogP contribution in [0.2, 0.25) is 0 Å². The van der Waals surface area contributed by atoms with Crippen LogP contribution >= 0.6 is 22.6 Å². The van der Waals surface area contributed by atoms with Gasteiger partial charge in [-0.25, -0.2) is 0 Å². The van der Waals surface area contributed by atoms with Crippen LogP contribution in [0.1, 0.15) is 13.8 Å². The van der Waals surface area contributed by atoms with Crippen molar-refractivity contribution in [2.45, 2.75) is 20.0 Å². The number of hydrogen-bond acceptors (Lipinski definition) is 3. The van der Waals surface area contributed by atoms with E-state index in [4.69, 9.17) is 4.74 Å². The molecule has 0 amide bonds. The molecule has 5 heteroatoms. The Morgan fingerprint density at radius 2 is 2.07 bits per heavy atom. The van der Waals surface area contributed by atoms with Crippen LogP contribution in [0.5, 0.6) is 5.75 Å².